The van der Waals surface area contributed by atoms with Crippen molar-refractivity contribution in [3.63, 3.8) is 0 Å². The summed E-state index contributed by atoms with van der Waals surface area (Å²) in [5.41, 5.74) is 1.22. The summed E-state index contributed by atoms with van der Waals surface area (Å²) >= 11 is 3.54. The van der Waals surface area contributed by atoms with Crippen molar-refractivity contribution in [2.24, 2.45) is 0 Å². The predicted molar refractivity (Wildman–Crippen MR) is 71.9 cm³/mol. The van der Waals surface area contributed by atoms with E-state index < -0.39 is 0 Å². The van der Waals surface area contributed by atoms with Gasteiger partial charge in [0.2, 0.25) is 0 Å². The fraction of sp³-hybridized carbons (Fsp3) is 0.538. The van der Waals surface area contributed by atoms with Crippen LogP contribution in [0.1, 0.15) is 32.3 Å². The highest BCUT2D eigenvalue weighted by molar-refractivity contribution is 9.10. The van der Waals surface area contributed by atoms with E-state index in [4.69, 9.17) is 4.74 Å². The van der Waals surface area contributed by atoms with E-state index in [1.54, 1.807) is 0 Å². The lowest BCUT2D eigenvalue weighted by Crippen LogP contribution is -2.13. The van der Waals surface area contributed by atoms with Gasteiger partial charge in [0.05, 0.1) is 11.1 Å². The molecule has 0 aliphatic carbocycles. The molecule has 0 saturated heterocycles. The molecule has 3 heteroatoms. The third-order valence-electron chi connectivity index (χ3n) is 2.36. The first-order chi connectivity index (χ1) is 7.79. The minimum absolute atomic E-state index is 0.790. The van der Waals surface area contributed by atoms with E-state index in [0.717, 1.165) is 42.8 Å². The highest BCUT2D eigenvalue weighted by Gasteiger charge is 2.07. The van der Waals surface area contributed by atoms with Gasteiger partial charge in [-0.2, -0.15) is 0 Å². The van der Waals surface area contributed by atoms with Gasteiger partial charge in [-0.15, -0.1) is 0 Å². The normalized spacial score (nSPS) is 10.4. The highest BCUT2D eigenvalue weighted by atomic mass is 79.9. The molecule has 1 aromatic rings. The van der Waals surface area contributed by atoms with Gasteiger partial charge in [-0.1, -0.05) is 32.4 Å². The smallest absolute Gasteiger partial charge is 0.137 e. The number of rotatable bonds is 7. The van der Waals surface area contributed by atoms with Crippen molar-refractivity contribution in [1.82, 2.24) is 5.32 Å². The summed E-state index contributed by atoms with van der Waals surface area (Å²) in [5, 5.41) is 3.32. The molecule has 0 unspecified atom stereocenters. The predicted octanol–water partition coefficient (Wildman–Crippen LogP) is 3.74. The molecule has 1 aromatic carbocycles. The second kappa shape index (κ2) is 7.69. The van der Waals surface area contributed by atoms with Gasteiger partial charge in [0, 0.05) is 12.1 Å². The Hall–Kier alpha value is -0.540. The lowest BCUT2D eigenvalue weighted by Gasteiger charge is -2.13. The average molecular weight is 286 g/mol. The van der Waals surface area contributed by atoms with Crippen molar-refractivity contribution in [1.29, 1.82) is 0 Å². The van der Waals surface area contributed by atoms with Crippen LogP contribution in [0.15, 0.2) is 22.7 Å². The van der Waals surface area contributed by atoms with Gasteiger partial charge in [0.25, 0.3) is 0 Å². The van der Waals surface area contributed by atoms with Crippen molar-refractivity contribution < 1.29 is 4.74 Å². The molecule has 0 heterocycles. The van der Waals surface area contributed by atoms with E-state index in [1.807, 2.05) is 12.1 Å². The molecule has 0 bridgehead atoms. The van der Waals surface area contributed by atoms with E-state index in [2.05, 4.69) is 41.2 Å². The van der Waals surface area contributed by atoms with Crippen LogP contribution in [0.2, 0.25) is 0 Å². The SMILES string of the molecule is CCCCOc1c(Br)cccc1CNCC. The Balaban J connectivity index is 2.69. The number of nitrogens with one attached hydrogen (secondary N) is 1. The number of hydrogen-bond donors (Lipinski definition) is 1. The van der Waals surface area contributed by atoms with Crippen LogP contribution in [0.4, 0.5) is 0 Å². The van der Waals surface area contributed by atoms with Gasteiger partial charge in [-0.05, 0) is 35.0 Å². The molecule has 2 nitrogen and oxygen atoms in total. The molecular weight excluding hydrogens is 266 g/mol. The second-order valence-electron chi connectivity index (χ2n) is 3.71. The molecular formula is C13H20BrNO. The van der Waals surface area contributed by atoms with Gasteiger partial charge in [0.1, 0.15) is 5.75 Å². The average Bonchev–Trinajstić information content (AvgIpc) is 2.29. The van der Waals surface area contributed by atoms with Crippen LogP contribution in [0.5, 0.6) is 5.75 Å². The molecule has 0 aliphatic rings. The first-order valence-electron chi connectivity index (χ1n) is 5.90. The Morgan fingerprint density at radius 3 is 2.81 bits per heavy atom. The van der Waals surface area contributed by atoms with Gasteiger partial charge >= 0.3 is 0 Å². The van der Waals surface area contributed by atoms with Crippen molar-refractivity contribution in [2.75, 3.05) is 13.2 Å². The van der Waals surface area contributed by atoms with Gasteiger partial charge < -0.3 is 10.1 Å². The number of benzene rings is 1. The fourth-order valence-electron chi connectivity index (χ4n) is 1.43. The number of hydrogen-bond acceptors (Lipinski definition) is 2. The van der Waals surface area contributed by atoms with Crippen LogP contribution in [0.25, 0.3) is 0 Å². The number of halogens is 1. The van der Waals surface area contributed by atoms with E-state index in [-0.39, 0.29) is 0 Å². The topological polar surface area (TPSA) is 21.3 Å². The maximum Gasteiger partial charge on any atom is 0.137 e. The summed E-state index contributed by atoms with van der Waals surface area (Å²) in [4.78, 5) is 0. The number of ether oxygens (including phenoxy) is 1. The van der Waals surface area contributed by atoms with E-state index >= 15 is 0 Å². The lowest BCUT2D eigenvalue weighted by atomic mass is 10.2. The molecule has 0 aliphatic heterocycles. The van der Waals surface area contributed by atoms with Crippen LogP contribution in [0, 0.1) is 0 Å². The molecule has 0 spiro atoms. The minimum Gasteiger partial charge on any atom is -0.492 e. The van der Waals surface area contributed by atoms with E-state index in [0.29, 0.717) is 0 Å². The minimum atomic E-state index is 0.790. The molecule has 1 N–H and O–H groups in total. The van der Waals surface area contributed by atoms with E-state index in [9.17, 15) is 0 Å². The zero-order chi connectivity index (χ0) is 11.8. The second-order valence-corrected chi connectivity index (χ2v) is 4.56. The molecule has 0 fully saturated rings. The molecule has 0 radical (unpaired) electrons. The summed E-state index contributed by atoms with van der Waals surface area (Å²) in [6.07, 6.45) is 2.26. The van der Waals surface area contributed by atoms with Crippen LogP contribution in [-0.2, 0) is 6.54 Å². The largest absolute Gasteiger partial charge is 0.492 e. The molecule has 90 valence electrons. The summed E-state index contributed by atoms with van der Waals surface area (Å²) in [7, 11) is 0. The Morgan fingerprint density at radius 1 is 1.31 bits per heavy atom. The van der Waals surface area contributed by atoms with Gasteiger partial charge in [0.15, 0.2) is 0 Å². The first-order valence-corrected chi connectivity index (χ1v) is 6.69. The van der Waals surface area contributed by atoms with Crippen molar-refractivity contribution in [3.05, 3.63) is 28.2 Å². The fourth-order valence-corrected chi connectivity index (χ4v) is 1.95. The summed E-state index contributed by atoms with van der Waals surface area (Å²) < 4.78 is 6.86. The lowest BCUT2D eigenvalue weighted by molar-refractivity contribution is 0.303. The van der Waals surface area contributed by atoms with Crippen molar-refractivity contribution in [2.45, 2.75) is 33.2 Å². The summed E-state index contributed by atoms with van der Waals surface area (Å²) in [6, 6.07) is 6.18. The molecule has 0 amide bonds. The van der Waals surface area contributed by atoms with Crippen molar-refractivity contribution >= 4 is 15.9 Å². The van der Waals surface area contributed by atoms with Crippen molar-refractivity contribution in [3.8, 4) is 5.75 Å². The first kappa shape index (κ1) is 13.5. The molecule has 0 atom stereocenters. The van der Waals surface area contributed by atoms with E-state index in [1.165, 1.54) is 5.56 Å². The number of para-hydroxylation sites is 1. The Kier molecular flexibility index (Phi) is 6.50. The van der Waals surface area contributed by atoms with Gasteiger partial charge in [-0.25, -0.2) is 0 Å². The number of unbranched alkanes of at least 4 members (excludes halogenated alkanes) is 1. The monoisotopic (exact) mass is 285 g/mol. The highest BCUT2D eigenvalue weighted by Crippen LogP contribution is 2.29. The Morgan fingerprint density at radius 2 is 2.12 bits per heavy atom. The molecule has 0 saturated carbocycles. The Bertz CT molecular complexity index is 315. The zero-order valence-corrected chi connectivity index (χ0v) is 11.6. The van der Waals surface area contributed by atoms with Crippen LogP contribution in [-0.4, -0.2) is 13.2 Å². The molecule has 1 rings (SSSR count). The third kappa shape index (κ3) is 4.14. The Labute approximate surface area is 107 Å². The quantitative estimate of drug-likeness (QED) is 0.771. The van der Waals surface area contributed by atoms with Crippen LogP contribution in [0.3, 0.4) is 0 Å². The summed E-state index contributed by atoms with van der Waals surface area (Å²) in [5.74, 6) is 0.983. The summed E-state index contributed by atoms with van der Waals surface area (Å²) in [6.45, 7) is 6.90. The standard InChI is InChI=1S/C13H20BrNO/c1-3-5-9-16-13-11(10-15-4-2)7-6-8-12(13)14/h6-8,15H,3-5,9-10H2,1-2H3. The third-order valence-corrected chi connectivity index (χ3v) is 2.98. The zero-order valence-electron chi connectivity index (χ0n) is 10.1. The maximum absolute atomic E-state index is 5.82. The maximum atomic E-state index is 5.82. The van der Waals surface area contributed by atoms with Crippen LogP contribution >= 0.6 is 15.9 Å². The molecule has 0 aromatic heterocycles. The van der Waals surface area contributed by atoms with Crippen LogP contribution < -0.4 is 10.1 Å². The van der Waals surface area contributed by atoms with Gasteiger partial charge in [-0.3, -0.25) is 0 Å². The molecule has 16 heavy (non-hydrogen) atoms.